The van der Waals surface area contributed by atoms with Gasteiger partial charge in [0.2, 0.25) is 0 Å². The van der Waals surface area contributed by atoms with Gasteiger partial charge in [0.25, 0.3) is 0 Å². The summed E-state index contributed by atoms with van der Waals surface area (Å²) in [6.07, 6.45) is 0.606. The monoisotopic (exact) mass is 355 g/mol. The predicted molar refractivity (Wildman–Crippen MR) is 78.0 cm³/mol. The molecule has 0 aliphatic rings. The summed E-state index contributed by atoms with van der Waals surface area (Å²) in [5, 5.41) is 0.491. The SMILES string of the molecule is CCCS(=O)(=O)CCOc1c(N)cc(Cl)cc1Br. The Bertz CT molecular complexity index is 496. The average Bonchev–Trinajstić information content (AvgIpc) is 2.21. The van der Waals surface area contributed by atoms with E-state index in [1.165, 1.54) is 0 Å². The Morgan fingerprint density at radius 3 is 2.61 bits per heavy atom. The van der Waals surface area contributed by atoms with Crippen LogP contribution in [0.2, 0.25) is 5.02 Å². The number of hydrogen-bond donors (Lipinski definition) is 1. The van der Waals surface area contributed by atoms with E-state index in [-0.39, 0.29) is 18.1 Å². The van der Waals surface area contributed by atoms with E-state index in [4.69, 9.17) is 22.1 Å². The van der Waals surface area contributed by atoms with Crippen molar-refractivity contribution in [2.24, 2.45) is 0 Å². The van der Waals surface area contributed by atoms with Crippen LogP contribution in [-0.4, -0.2) is 26.5 Å². The molecule has 0 bridgehead atoms. The largest absolute Gasteiger partial charge is 0.489 e. The van der Waals surface area contributed by atoms with E-state index in [0.717, 1.165) is 0 Å². The van der Waals surface area contributed by atoms with Gasteiger partial charge in [-0.25, -0.2) is 8.42 Å². The Morgan fingerprint density at radius 1 is 1.39 bits per heavy atom. The van der Waals surface area contributed by atoms with E-state index in [0.29, 0.717) is 27.4 Å². The highest BCUT2D eigenvalue weighted by Crippen LogP contribution is 2.34. The fourth-order valence-electron chi connectivity index (χ4n) is 1.42. The van der Waals surface area contributed by atoms with Crippen LogP contribution in [0.25, 0.3) is 0 Å². The Morgan fingerprint density at radius 2 is 2.06 bits per heavy atom. The quantitative estimate of drug-likeness (QED) is 0.796. The molecule has 0 radical (unpaired) electrons. The van der Waals surface area contributed by atoms with Crippen LogP contribution in [0.4, 0.5) is 5.69 Å². The molecule has 0 spiro atoms. The van der Waals surface area contributed by atoms with Crippen LogP contribution in [-0.2, 0) is 9.84 Å². The van der Waals surface area contributed by atoms with Crippen LogP contribution in [0, 0.1) is 0 Å². The fourth-order valence-corrected chi connectivity index (χ4v) is 3.53. The van der Waals surface area contributed by atoms with Gasteiger partial charge in [0.15, 0.2) is 15.6 Å². The minimum Gasteiger partial charge on any atom is -0.489 e. The third-order valence-electron chi connectivity index (χ3n) is 2.19. The third-order valence-corrected chi connectivity index (χ3v) is 4.82. The van der Waals surface area contributed by atoms with E-state index in [1.807, 2.05) is 6.92 Å². The summed E-state index contributed by atoms with van der Waals surface area (Å²) in [6.45, 7) is 1.90. The maximum atomic E-state index is 11.5. The van der Waals surface area contributed by atoms with Gasteiger partial charge in [-0.1, -0.05) is 18.5 Å². The lowest BCUT2D eigenvalue weighted by Gasteiger charge is -2.11. The van der Waals surface area contributed by atoms with E-state index in [9.17, 15) is 8.42 Å². The Balaban J connectivity index is 2.65. The molecule has 7 heteroatoms. The van der Waals surface area contributed by atoms with Gasteiger partial charge in [0.1, 0.15) is 6.61 Å². The molecule has 0 fully saturated rings. The van der Waals surface area contributed by atoms with E-state index in [2.05, 4.69) is 15.9 Å². The van der Waals surface area contributed by atoms with Crippen LogP contribution in [0.5, 0.6) is 5.75 Å². The van der Waals surface area contributed by atoms with Gasteiger partial charge in [-0.05, 0) is 34.5 Å². The van der Waals surface area contributed by atoms with Crippen LogP contribution in [0.15, 0.2) is 16.6 Å². The minimum atomic E-state index is -3.04. The number of halogens is 2. The van der Waals surface area contributed by atoms with Crippen LogP contribution in [0.1, 0.15) is 13.3 Å². The maximum Gasteiger partial charge on any atom is 0.156 e. The number of nitrogens with two attached hydrogens (primary N) is 1. The summed E-state index contributed by atoms with van der Waals surface area (Å²) >= 11 is 9.08. The zero-order chi connectivity index (χ0) is 13.8. The number of hydrogen-bond acceptors (Lipinski definition) is 4. The van der Waals surface area contributed by atoms with Crippen molar-refractivity contribution in [2.75, 3.05) is 23.8 Å². The van der Waals surface area contributed by atoms with Crippen molar-refractivity contribution in [2.45, 2.75) is 13.3 Å². The third kappa shape index (κ3) is 4.66. The second-order valence-electron chi connectivity index (χ2n) is 3.81. The summed E-state index contributed by atoms with van der Waals surface area (Å²) in [5.41, 5.74) is 6.12. The Labute approximate surface area is 121 Å². The van der Waals surface area contributed by atoms with Gasteiger partial charge in [-0.2, -0.15) is 0 Å². The smallest absolute Gasteiger partial charge is 0.156 e. The van der Waals surface area contributed by atoms with Crippen molar-refractivity contribution >= 4 is 43.1 Å². The fraction of sp³-hybridized carbons (Fsp3) is 0.455. The predicted octanol–water partition coefficient (Wildman–Crippen LogP) is 2.89. The van der Waals surface area contributed by atoms with Crippen molar-refractivity contribution in [3.8, 4) is 5.75 Å². The van der Waals surface area contributed by atoms with Crippen molar-refractivity contribution in [3.05, 3.63) is 21.6 Å². The maximum absolute atomic E-state index is 11.5. The van der Waals surface area contributed by atoms with Gasteiger partial charge in [-0.3, -0.25) is 0 Å². The highest BCUT2D eigenvalue weighted by Gasteiger charge is 2.12. The van der Waals surface area contributed by atoms with E-state index in [1.54, 1.807) is 12.1 Å². The van der Waals surface area contributed by atoms with Gasteiger partial charge in [0.05, 0.1) is 21.7 Å². The molecule has 1 aromatic carbocycles. The van der Waals surface area contributed by atoms with Crippen molar-refractivity contribution in [3.63, 3.8) is 0 Å². The topological polar surface area (TPSA) is 69.4 Å². The molecular weight excluding hydrogens is 342 g/mol. The molecule has 0 saturated heterocycles. The highest BCUT2D eigenvalue weighted by molar-refractivity contribution is 9.10. The molecule has 0 amide bonds. The first kappa shape index (κ1) is 15.6. The Kier molecular flexibility index (Phi) is 5.75. The van der Waals surface area contributed by atoms with Crippen LogP contribution < -0.4 is 10.5 Å². The molecule has 0 atom stereocenters. The molecule has 0 aliphatic carbocycles. The van der Waals surface area contributed by atoms with Gasteiger partial charge >= 0.3 is 0 Å². The summed E-state index contributed by atoms with van der Waals surface area (Å²) < 4.78 is 29.0. The molecule has 4 nitrogen and oxygen atoms in total. The first-order valence-electron chi connectivity index (χ1n) is 5.43. The summed E-state index contributed by atoms with van der Waals surface area (Å²) in [7, 11) is -3.04. The molecule has 0 aromatic heterocycles. The number of benzene rings is 1. The summed E-state index contributed by atoms with van der Waals surface area (Å²) in [5.74, 6) is 0.578. The molecular formula is C11H15BrClNO3S. The molecule has 18 heavy (non-hydrogen) atoms. The number of anilines is 1. The molecule has 2 N–H and O–H groups in total. The number of sulfone groups is 1. The lowest BCUT2D eigenvalue weighted by Crippen LogP contribution is -2.17. The Hall–Kier alpha value is -0.460. The number of rotatable bonds is 6. The van der Waals surface area contributed by atoms with Gasteiger partial charge in [0, 0.05) is 5.02 Å². The number of ether oxygens (including phenoxy) is 1. The normalized spacial score (nSPS) is 11.5. The van der Waals surface area contributed by atoms with Crippen molar-refractivity contribution < 1.29 is 13.2 Å². The van der Waals surface area contributed by atoms with Crippen LogP contribution >= 0.6 is 27.5 Å². The average molecular weight is 357 g/mol. The van der Waals surface area contributed by atoms with Crippen molar-refractivity contribution in [1.29, 1.82) is 0 Å². The molecule has 1 rings (SSSR count). The van der Waals surface area contributed by atoms with Gasteiger partial charge in [-0.15, -0.1) is 0 Å². The summed E-state index contributed by atoms with van der Waals surface area (Å²) in [4.78, 5) is 0. The van der Waals surface area contributed by atoms with Gasteiger partial charge < -0.3 is 10.5 Å². The molecule has 0 unspecified atom stereocenters. The molecule has 0 heterocycles. The molecule has 102 valence electrons. The highest BCUT2D eigenvalue weighted by atomic mass is 79.9. The first-order chi connectivity index (χ1) is 8.35. The van der Waals surface area contributed by atoms with E-state index < -0.39 is 9.84 Å². The first-order valence-corrected chi connectivity index (χ1v) is 8.42. The number of nitrogen functional groups attached to an aromatic ring is 1. The van der Waals surface area contributed by atoms with E-state index >= 15 is 0 Å². The molecule has 0 saturated carbocycles. The second kappa shape index (κ2) is 6.63. The zero-order valence-corrected chi connectivity index (χ0v) is 13.1. The lowest BCUT2D eigenvalue weighted by molar-refractivity contribution is 0.340. The van der Waals surface area contributed by atoms with Crippen molar-refractivity contribution in [1.82, 2.24) is 0 Å². The molecule has 1 aromatic rings. The standard InChI is InChI=1S/C11H15BrClNO3S/c1-2-4-18(15,16)5-3-17-11-9(12)6-8(13)7-10(11)14/h6-7H,2-5,14H2,1H3. The summed E-state index contributed by atoms with van der Waals surface area (Å²) in [6, 6.07) is 3.20. The van der Waals surface area contributed by atoms with Crippen LogP contribution in [0.3, 0.4) is 0 Å². The second-order valence-corrected chi connectivity index (χ2v) is 7.40. The zero-order valence-electron chi connectivity index (χ0n) is 9.95. The molecule has 0 aliphatic heterocycles. The minimum absolute atomic E-state index is 0.0185. The lowest BCUT2D eigenvalue weighted by atomic mass is 10.3.